The summed E-state index contributed by atoms with van der Waals surface area (Å²) >= 11 is 0. The summed E-state index contributed by atoms with van der Waals surface area (Å²) < 4.78 is 10.8. The first-order valence-corrected chi connectivity index (χ1v) is 7.77. The molecule has 1 N–H and O–H groups in total. The van der Waals surface area contributed by atoms with Gasteiger partial charge in [-0.15, -0.1) is 0 Å². The summed E-state index contributed by atoms with van der Waals surface area (Å²) in [7, 11) is 0. The molecule has 118 valence electrons. The highest BCUT2D eigenvalue weighted by atomic mass is 16.5. The van der Waals surface area contributed by atoms with E-state index in [0.29, 0.717) is 43.4 Å². The summed E-state index contributed by atoms with van der Waals surface area (Å²) in [4.78, 5) is 11.5. The molecule has 1 fully saturated rings. The molecular weight excluding hydrogens is 280 g/mol. The van der Waals surface area contributed by atoms with Gasteiger partial charge in [0.15, 0.2) is 0 Å². The molecule has 2 rings (SSSR count). The number of carbonyl (C=O) groups is 1. The van der Waals surface area contributed by atoms with Crippen molar-refractivity contribution >= 4 is 5.97 Å². The first-order valence-electron chi connectivity index (χ1n) is 7.77. The number of rotatable bonds is 7. The molecule has 5 nitrogen and oxygen atoms in total. The van der Waals surface area contributed by atoms with Crippen molar-refractivity contribution in [1.29, 1.82) is 5.26 Å². The number of carbonyl (C=O) groups excluding carboxylic acids is 1. The summed E-state index contributed by atoms with van der Waals surface area (Å²) in [5.74, 6) is 0.479. The number of nitrogens with one attached hydrogen (secondary N) is 1. The molecule has 1 aliphatic rings. The normalized spacial score (nSPS) is 17.0. The van der Waals surface area contributed by atoms with Crippen molar-refractivity contribution < 1.29 is 14.3 Å². The predicted octanol–water partition coefficient (Wildman–Crippen LogP) is 2.18. The lowest BCUT2D eigenvalue weighted by Crippen LogP contribution is -2.28. The van der Waals surface area contributed by atoms with Gasteiger partial charge < -0.3 is 14.8 Å². The van der Waals surface area contributed by atoms with Crippen LogP contribution in [0.15, 0.2) is 18.2 Å². The topological polar surface area (TPSA) is 71.4 Å². The lowest BCUT2D eigenvalue weighted by Gasteiger charge is -2.15. The SMILES string of the molecule is CCOC(=O)CCc1ccc(C#N)cc1OCC1CCCN1. The van der Waals surface area contributed by atoms with Crippen molar-refractivity contribution in [2.24, 2.45) is 0 Å². The molecule has 1 aromatic rings. The first kappa shape index (κ1) is 16.3. The van der Waals surface area contributed by atoms with Crippen LogP contribution in [0.3, 0.4) is 0 Å². The molecule has 0 bridgehead atoms. The van der Waals surface area contributed by atoms with E-state index >= 15 is 0 Å². The highest BCUT2D eigenvalue weighted by molar-refractivity contribution is 5.69. The second kappa shape index (κ2) is 8.40. The van der Waals surface area contributed by atoms with E-state index in [1.165, 1.54) is 6.42 Å². The number of aryl methyl sites for hydroxylation is 1. The Morgan fingerprint density at radius 2 is 2.36 bits per heavy atom. The van der Waals surface area contributed by atoms with Gasteiger partial charge in [-0.25, -0.2) is 0 Å². The van der Waals surface area contributed by atoms with E-state index in [2.05, 4.69) is 11.4 Å². The van der Waals surface area contributed by atoms with Gasteiger partial charge in [0.25, 0.3) is 0 Å². The van der Waals surface area contributed by atoms with E-state index in [4.69, 9.17) is 14.7 Å². The Balaban J connectivity index is 2.00. The molecule has 1 heterocycles. The van der Waals surface area contributed by atoms with Crippen LogP contribution < -0.4 is 10.1 Å². The Morgan fingerprint density at radius 1 is 1.50 bits per heavy atom. The van der Waals surface area contributed by atoms with Crippen LogP contribution in [0.5, 0.6) is 5.75 Å². The van der Waals surface area contributed by atoms with Gasteiger partial charge in [0.05, 0.1) is 18.2 Å². The Labute approximate surface area is 131 Å². The average Bonchev–Trinajstić information content (AvgIpc) is 3.05. The van der Waals surface area contributed by atoms with Crippen molar-refractivity contribution in [3.63, 3.8) is 0 Å². The van der Waals surface area contributed by atoms with Gasteiger partial charge in [-0.3, -0.25) is 4.79 Å². The van der Waals surface area contributed by atoms with E-state index in [1.54, 1.807) is 19.1 Å². The number of hydrogen-bond acceptors (Lipinski definition) is 5. The fraction of sp³-hybridized carbons (Fsp3) is 0.529. The maximum atomic E-state index is 11.5. The minimum absolute atomic E-state index is 0.213. The summed E-state index contributed by atoms with van der Waals surface area (Å²) in [6, 6.07) is 7.84. The monoisotopic (exact) mass is 302 g/mol. The Bertz CT molecular complexity index is 545. The molecule has 0 radical (unpaired) electrons. The zero-order valence-electron chi connectivity index (χ0n) is 12.9. The third-order valence-corrected chi connectivity index (χ3v) is 3.70. The third kappa shape index (κ3) is 4.74. The number of benzene rings is 1. The quantitative estimate of drug-likeness (QED) is 0.782. The van der Waals surface area contributed by atoms with Crippen LogP contribution in [0.4, 0.5) is 0 Å². The molecule has 0 saturated carbocycles. The van der Waals surface area contributed by atoms with Gasteiger partial charge in [-0.2, -0.15) is 5.26 Å². The van der Waals surface area contributed by atoms with Crippen molar-refractivity contribution in [2.75, 3.05) is 19.8 Å². The summed E-state index contributed by atoms with van der Waals surface area (Å²) in [5, 5.41) is 12.4. The smallest absolute Gasteiger partial charge is 0.306 e. The van der Waals surface area contributed by atoms with Crippen molar-refractivity contribution in [1.82, 2.24) is 5.32 Å². The zero-order chi connectivity index (χ0) is 15.8. The minimum atomic E-state index is -0.213. The predicted molar refractivity (Wildman–Crippen MR) is 82.6 cm³/mol. The van der Waals surface area contributed by atoms with Crippen LogP contribution in [0.2, 0.25) is 0 Å². The average molecular weight is 302 g/mol. The largest absolute Gasteiger partial charge is 0.492 e. The molecule has 0 aliphatic carbocycles. The van der Waals surface area contributed by atoms with Crippen molar-refractivity contribution in [2.45, 2.75) is 38.6 Å². The van der Waals surface area contributed by atoms with Crippen LogP contribution in [0.25, 0.3) is 0 Å². The fourth-order valence-electron chi connectivity index (χ4n) is 2.52. The summed E-state index contributed by atoms with van der Waals surface area (Å²) in [5.41, 5.74) is 1.50. The van der Waals surface area contributed by atoms with E-state index in [1.807, 2.05) is 6.07 Å². The third-order valence-electron chi connectivity index (χ3n) is 3.70. The molecular formula is C17H22N2O3. The minimum Gasteiger partial charge on any atom is -0.492 e. The Morgan fingerprint density at radius 3 is 3.05 bits per heavy atom. The molecule has 0 amide bonds. The molecule has 1 atom stereocenters. The molecule has 1 saturated heterocycles. The van der Waals surface area contributed by atoms with Gasteiger partial charge in [-0.05, 0) is 50.4 Å². The van der Waals surface area contributed by atoms with Gasteiger partial charge in [0.2, 0.25) is 0 Å². The zero-order valence-corrected chi connectivity index (χ0v) is 12.9. The standard InChI is InChI=1S/C17H22N2O3/c1-2-21-17(20)8-7-14-6-5-13(11-18)10-16(14)22-12-15-4-3-9-19-15/h5-6,10,15,19H,2-4,7-9,12H2,1H3. The van der Waals surface area contributed by atoms with E-state index < -0.39 is 0 Å². The maximum absolute atomic E-state index is 11.5. The number of ether oxygens (including phenoxy) is 2. The van der Waals surface area contributed by atoms with Crippen LogP contribution >= 0.6 is 0 Å². The highest BCUT2D eigenvalue weighted by Gasteiger charge is 2.16. The van der Waals surface area contributed by atoms with Crippen LogP contribution in [-0.4, -0.2) is 31.8 Å². The summed E-state index contributed by atoms with van der Waals surface area (Å²) in [6.45, 7) is 3.80. The van der Waals surface area contributed by atoms with Crippen molar-refractivity contribution in [3.8, 4) is 11.8 Å². The number of hydrogen-bond donors (Lipinski definition) is 1. The molecule has 22 heavy (non-hydrogen) atoms. The molecule has 0 aromatic heterocycles. The van der Waals surface area contributed by atoms with Crippen molar-refractivity contribution in [3.05, 3.63) is 29.3 Å². The second-order valence-corrected chi connectivity index (χ2v) is 5.34. The number of nitriles is 1. The second-order valence-electron chi connectivity index (χ2n) is 5.34. The Kier molecular flexibility index (Phi) is 6.23. The van der Waals surface area contributed by atoms with E-state index in [-0.39, 0.29) is 5.97 Å². The first-order chi connectivity index (χ1) is 10.7. The molecule has 1 aromatic carbocycles. The van der Waals surface area contributed by atoms with Gasteiger partial charge in [0, 0.05) is 12.5 Å². The maximum Gasteiger partial charge on any atom is 0.306 e. The van der Waals surface area contributed by atoms with Gasteiger partial charge in [0.1, 0.15) is 12.4 Å². The van der Waals surface area contributed by atoms with Crippen LogP contribution in [-0.2, 0) is 16.0 Å². The number of esters is 1. The molecule has 1 aliphatic heterocycles. The van der Waals surface area contributed by atoms with Gasteiger partial charge in [-0.1, -0.05) is 6.07 Å². The Hall–Kier alpha value is -2.06. The molecule has 0 spiro atoms. The van der Waals surface area contributed by atoms with E-state index in [9.17, 15) is 4.79 Å². The van der Waals surface area contributed by atoms with Crippen LogP contribution in [0, 0.1) is 11.3 Å². The molecule has 5 heteroatoms. The lowest BCUT2D eigenvalue weighted by molar-refractivity contribution is -0.143. The fourth-order valence-corrected chi connectivity index (χ4v) is 2.52. The number of nitrogens with zero attached hydrogens (tertiary/aromatic N) is 1. The van der Waals surface area contributed by atoms with Gasteiger partial charge >= 0.3 is 5.97 Å². The molecule has 1 unspecified atom stereocenters. The highest BCUT2D eigenvalue weighted by Crippen LogP contribution is 2.23. The summed E-state index contributed by atoms with van der Waals surface area (Å²) in [6.07, 6.45) is 3.15. The lowest BCUT2D eigenvalue weighted by atomic mass is 10.1. The van der Waals surface area contributed by atoms with Crippen LogP contribution in [0.1, 0.15) is 37.3 Å². The van der Waals surface area contributed by atoms with E-state index in [0.717, 1.165) is 18.5 Å².